The Morgan fingerprint density at radius 2 is 2.50 bits per heavy atom. The third kappa shape index (κ3) is 0.884. The van der Waals surface area contributed by atoms with E-state index in [2.05, 4.69) is 15.3 Å². The molecule has 0 fully saturated rings. The Hall–Kier alpha value is -1.43. The van der Waals surface area contributed by atoms with E-state index in [1.54, 1.807) is 11.6 Å². The van der Waals surface area contributed by atoms with Gasteiger partial charge < -0.3 is 15.0 Å². The fraction of sp³-hybridized carbons (Fsp3) is 0.333. The van der Waals surface area contributed by atoms with Crippen LogP contribution in [0.2, 0.25) is 0 Å². The van der Waals surface area contributed by atoms with Crippen molar-refractivity contribution >= 4 is 11.9 Å². The second kappa shape index (κ2) is 2.28. The van der Waals surface area contributed by atoms with Gasteiger partial charge in [-0.05, 0) is 0 Å². The standard InChI is InChI=1S/C6H7FN4O/c1-11-2-8-3-4(11)9-6(7)10-5(3)12/h2,5,12H,1H3,(H,9,10). The highest BCUT2D eigenvalue weighted by Gasteiger charge is 2.23. The van der Waals surface area contributed by atoms with Crippen molar-refractivity contribution < 1.29 is 9.50 Å². The fourth-order valence-electron chi connectivity index (χ4n) is 1.09. The maximum Gasteiger partial charge on any atom is 0.286 e. The van der Waals surface area contributed by atoms with Crippen molar-refractivity contribution in [3.63, 3.8) is 0 Å². The minimum atomic E-state index is -1.19. The minimum absolute atomic E-state index is 0.346. The molecule has 0 saturated carbocycles. The molecule has 0 aliphatic carbocycles. The van der Waals surface area contributed by atoms with Gasteiger partial charge in [-0.1, -0.05) is 0 Å². The first-order valence-corrected chi connectivity index (χ1v) is 3.38. The number of hydrogen-bond donors (Lipinski definition) is 2. The molecule has 1 atom stereocenters. The molecule has 2 rings (SSSR count). The number of hydrogen-bond acceptors (Lipinski definition) is 4. The number of amidine groups is 1. The molecule has 12 heavy (non-hydrogen) atoms. The summed E-state index contributed by atoms with van der Waals surface area (Å²) in [6.07, 6.45) is -0.504. The Balaban J connectivity index is 2.50. The SMILES string of the molecule is Cn1cnc2c1NC(F)=NC2O. The van der Waals surface area contributed by atoms with Crippen LogP contribution in [-0.4, -0.2) is 20.7 Å². The predicted octanol–water partition coefficient (Wildman–Crippen LogP) is 0.162. The molecule has 1 unspecified atom stereocenters. The number of rotatable bonds is 0. The highest BCUT2D eigenvalue weighted by molar-refractivity contribution is 5.89. The number of aliphatic imine (C=N–C) groups is 1. The summed E-state index contributed by atoms with van der Waals surface area (Å²) in [5.74, 6) is 0.440. The number of aliphatic hydroxyl groups excluding tert-OH is 1. The topological polar surface area (TPSA) is 62.4 Å². The van der Waals surface area contributed by atoms with Gasteiger partial charge >= 0.3 is 0 Å². The van der Waals surface area contributed by atoms with Crippen LogP contribution >= 0.6 is 0 Å². The fourth-order valence-corrected chi connectivity index (χ4v) is 1.09. The Morgan fingerprint density at radius 1 is 1.75 bits per heavy atom. The van der Waals surface area contributed by atoms with Gasteiger partial charge in [0.25, 0.3) is 6.09 Å². The highest BCUT2D eigenvalue weighted by atomic mass is 19.1. The summed E-state index contributed by atoms with van der Waals surface area (Å²) >= 11 is 0. The number of nitrogens with zero attached hydrogens (tertiary/aromatic N) is 3. The average molecular weight is 170 g/mol. The molecule has 1 aliphatic rings. The average Bonchev–Trinajstić information content (AvgIpc) is 2.33. The molecule has 5 nitrogen and oxygen atoms in total. The molecule has 64 valence electrons. The molecule has 0 aromatic carbocycles. The second-order valence-corrected chi connectivity index (χ2v) is 2.51. The van der Waals surface area contributed by atoms with Gasteiger partial charge in [0, 0.05) is 7.05 Å². The van der Waals surface area contributed by atoms with Gasteiger partial charge in [0.05, 0.1) is 6.33 Å². The van der Waals surface area contributed by atoms with E-state index in [1.165, 1.54) is 6.33 Å². The zero-order valence-corrected chi connectivity index (χ0v) is 6.32. The van der Waals surface area contributed by atoms with E-state index >= 15 is 0 Å². The predicted molar refractivity (Wildman–Crippen MR) is 40.3 cm³/mol. The van der Waals surface area contributed by atoms with Crippen molar-refractivity contribution in [3.8, 4) is 0 Å². The van der Waals surface area contributed by atoms with E-state index in [4.69, 9.17) is 0 Å². The number of fused-ring (bicyclic) bond motifs is 1. The van der Waals surface area contributed by atoms with Crippen LogP contribution in [0.4, 0.5) is 10.2 Å². The molecule has 1 aromatic rings. The lowest BCUT2D eigenvalue weighted by Crippen LogP contribution is -2.17. The van der Waals surface area contributed by atoms with Gasteiger partial charge in [0.15, 0.2) is 6.23 Å². The number of imidazole rings is 1. The van der Waals surface area contributed by atoms with Crippen LogP contribution in [-0.2, 0) is 7.05 Å². The summed E-state index contributed by atoms with van der Waals surface area (Å²) in [5.41, 5.74) is 0.346. The Morgan fingerprint density at radius 3 is 3.25 bits per heavy atom. The maximum absolute atomic E-state index is 12.6. The molecule has 0 radical (unpaired) electrons. The van der Waals surface area contributed by atoms with Gasteiger partial charge in [-0.15, -0.1) is 0 Å². The first-order chi connectivity index (χ1) is 5.68. The highest BCUT2D eigenvalue weighted by Crippen LogP contribution is 2.25. The summed E-state index contributed by atoms with van der Waals surface area (Å²) in [6, 6.07) is 0. The molecule has 2 N–H and O–H groups in total. The van der Waals surface area contributed by atoms with Gasteiger partial charge in [-0.3, -0.25) is 0 Å². The summed E-state index contributed by atoms with van der Waals surface area (Å²) in [4.78, 5) is 7.10. The van der Waals surface area contributed by atoms with Crippen molar-refractivity contribution in [1.82, 2.24) is 9.55 Å². The first-order valence-electron chi connectivity index (χ1n) is 3.38. The summed E-state index contributed by atoms with van der Waals surface area (Å²) < 4.78 is 14.2. The zero-order valence-electron chi connectivity index (χ0n) is 6.32. The number of nitrogens with one attached hydrogen (secondary N) is 1. The maximum atomic E-state index is 12.6. The van der Waals surface area contributed by atoms with Crippen LogP contribution in [0.1, 0.15) is 11.9 Å². The van der Waals surface area contributed by atoms with Gasteiger partial charge in [0.2, 0.25) is 0 Å². The summed E-state index contributed by atoms with van der Waals surface area (Å²) in [7, 11) is 1.70. The number of aliphatic hydroxyl groups is 1. The van der Waals surface area contributed by atoms with Gasteiger partial charge in [-0.25, -0.2) is 9.98 Å². The minimum Gasteiger partial charge on any atom is -0.366 e. The van der Waals surface area contributed by atoms with Gasteiger partial charge in [0.1, 0.15) is 11.5 Å². The number of aryl methyl sites for hydroxylation is 1. The van der Waals surface area contributed by atoms with E-state index < -0.39 is 12.3 Å². The Bertz CT molecular complexity index is 345. The van der Waals surface area contributed by atoms with E-state index in [9.17, 15) is 9.50 Å². The van der Waals surface area contributed by atoms with E-state index in [-0.39, 0.29) is 0 Å². The van der Waals surface area contributed by atoms with Crippen molar-refractivity contribution in [2.75, 3.05) is 5.32 Å². The lowest BCUT2D eigenvalue weighted by Gasteiger charge is -2.13. The van der Waals surface area contributed by atoms with Crippen molar-refractivity contribution in [2.45, 2.75) is 6.23 Å². The molecule has 1 aromatic heterocycles. The summed E-state index contributed by atoms with van der Waals surface area (Å²) in [5, 5.41) is 11.6. The van der Waals surface area contributed by atoms with E-state index in [0.717, 1.165) is 0 Å². The van der Waals surface area contributed by atoms with Crippen LogP contribution < -0.4 is 5.32 Å². The van der Waals surface area contributed by atoms with Crippen LogP contribution in [0, 0.1) is 0 Å². The zero-order chi connectivity index (χ0) is 8.72. The molecule has 0 spiro atoms. The monoisotopic (exact) mass is 170 g/mol. The van der Waals surface area contributed by atoms with Crippen molar-refractivity contribution in [1.29, 1.82) is 0 Å². The largest absolute Gasteiger partial charge is 0.366 e. The second-order valence-electron chi connectivity index (χ2n) is 2.51. The lowest BCUT2D eigenvalue weighted by atomic mass is 10.3. The Kier molecular flexibility index (Phi) is 1.37. The van der Waals surface area contributed by atoms with E-state index in [0.29, 0.717) is 11.5 Å². The third-order valence-corrected chi connectivity index (χ3v) is 1.67. The quantitative estimate of drug-likeness (QED) is 0.545. The van der Waals surface area contributed by atoms with Crippen molar-refractivity contribution in [3.05, 3.63) is 12.0 Å². The number of anilines is 1. The Labute approximate surface area is 67.6 Å². The van der Waals surface area contributed by atoms with Crippen LogP contribution in [0.15, 0.2) is 11.3 Å². The van der Waals surface area contributed by atoms with Gasteiger partial charge in [-0.2, -0.15) is 4.39 Å². The molecular formula is C6H7FN4O. The smallest absolute Gasteiger partial charge is 0.286 e. The lowest BCUT2D eigenvalue weighted by molar-refractivity contribution is 0.182. The van der Waals surface area contributed by atoms with Crippen LogP contribution in [0.5, 0.6) is 0 Å². The first kappa shape index (κ1) is 7.23. The van der Waals surface area contributed by atoms with Crippen molar-refractivity contribution in [2.24, 2.45) is 12.0 Å². The number of halogens is 1. The summed E-state index contributed by atoms with van der Waals surface area (Å²) in [6.45, 7) is 0. The molecule has 0 bridgehead atoms. The molecule has 1 aliphatic heterocycles. The third-order valence-electron chi connectivity index (χ3n) is 1.67. The normalized spacial score (nSPS) is 21.2. The molecule has 2 heterocycles. The molecular weight excluding hydrogens is 163 g/mol. The number of aromatic nitrogens is 2. The molecule has 0 amide bonds. The molecule has 6 heteroatoms. The van der Waals surface area contributed by atoms with Crippen LogP contribution in [0.3, 0.4) is 0 Å². The molecule has 0 saturated heterocycles. The van der Waals surface area contributed by atoms with Crippen LogP contribution in [0.25, 0.3) is 0 Å². The van der Waals surface area contributed by atoms with E-state index in [1.807, 2.05) is 0 Å².